The minimum absolute atomic E-state index is 0.113. The van der Waals surface area contributed by atoms with E-state index in [1.54, 1.807) is 18.6 Å². The van der Waals surface area contributed by atoms with Crippen LogP contribution in [0.1, 0.15) is 28.2 Å². The van der Waals surface area contributed by atoms with Gasteiger partial charge in [-0.15, -0.1) is 11.3 Å². The SMILES string of the molecule is CC(NC(=O)c1sc2cccnc2c1N)c1ccncc1. The summed E-state index contributed by atoms with van der Waals surface area (Å²) in [7, 11) is 0. The first-order chi connectivity index (χ1) is 10.2. The predicted molar refractivity (Wildman–Crippen MR) is 84.2 cm³/mol. The fraction of sp³-hybridized carbons (Fsp3) is 0.133. The minimum Gasteiger partial charge on any atom is -0.396 e. The summed E-state index contributed by atoms with van der Waals surface area (Å²) >= 11 is 1.36. The van der Waals surface area contributed by atoms with Crippen molar-refractivity contribution in [3.63, 3.8) is 0 Å². The Morgan fingerprint density at radius 2 is 2.05 bits per heavy atom. The molecule has 3 aromatic rings. The zero-order valence-corrected chi connectivity index (χ0v) is 12.2. The van der Waals surface area contributed by atoms with Crippen molar-refractivity contribution in [1.29, 1.82) is 0 Å². The summed E-state index contributed by atoms with van der Waals surface area (Å²) in [5.74, 6) is -0.181. The van der Waals surface area contributed by atoms with E-state index in [0.717, 1.165) is 10.3 Å². The molecule has 1 unspecified atom stereocenters. The van der Waals surface area contributed by atoms with Crippen LogP contribution in [0.2, 0.25) is 0 Å². The van der Waals surface area contributed by atoms with Crippen LogP contribution in [-0.4, -0.2) is 15.9 Å². The number of fused-ring (bicyclic) bond motifs is 1. The third-order valence-corrected chi connectivity index (χ3v) is 4.40. The molecule has 3 rings (SSSR count). The molecule has 0 fully saturated rings. The van der Waals surface area contributed by atoms with Crippen molar-refractivity contribution in [3.8, 4) is 0 Å². The van der Waals surface area contributed by atoms with Crippen LogP contribution in [0.25, 0.3) is 10.2 Å². The topological polar surface area (TPSA) is 80.9 Å². The van der Waals surface area contributed by atoms with Gasteiger partial charge in [0.1, 0.15) is 10.4 Å². The lowest BCUT2D eigenvalue weighted by molar-refractivity contribution is 0.0945. The normalized spacial score (nSPS) is 12.2. The second-order valence-electron chi connectivity index (χ2n) is 4.67. The third kappa shape index (κ3) is 2.57. The van der Waals surface area contributed by atoms with Crippen LogP contribution in [0.3, 0.4) is 0 Å². The van der Waals surface area contributed by atoms with Crippen LogP contribution in [-0.2, 0) is 0 Å². The first-order valence-electron chi connectivity index (χ1n) is 6.50. The molecule has 0 aromatic carbocycles. The molecule has 0 bridgehead atoms. The minimum atomic E-state index is -0.181. The van der Waals surface area contributed by atoms with E-state index in [-0.39, 0.29) is 11.9 Å². The molecule has 0 spiro atoms. The third-order valence-electron chi connectivity index (χ3n) is 3.24. The van der Waals surface area contributed by atoms with Crippen LogP contribution in [0, 0.1) is 0 Å². The molecular formula is C15H14N4OS. The van der Waals surface area contributed by atoms with E-state index >= 15 is 0 Å². The van der Waals surface area contributed by atoms with Gasteiger partial charge in [-0.05, 0) is 36.8 Å². The summed E-state index contributed by atoms with van der Waals surface area (Å²) in [6.07, 6.45) is 5.08. The van der Waals surface area contributed by atoms with E-state index in [1.165, 1.54) is 11.3 Å². The van der Waals surface area contributed by atoms with Gasteiger partial charge < -0.3 is 11.1 Å². The molecule has 106 valence electrons. The Hall–Kier alpha value is -2.47. The Morgan fingerprint density at radius 3 is 2.76 bits per heavy atom. The molecule has 0 saturated heterocycles. The standard InChI is InChI=1S/C15H14N4OS/c1-9(10-4-7-17-8-5-10)19-15(20)14-12(16)13-11(21-14)3-2-6-18-13/h2-9H,16H2,1H3,(H,19,20). The number of amides is 1. The highest BCUT2D eigenvalue weighted by atomic mass is 32.1. The number of nitrogens with zero attached hydrogens (tertiary/aromatic N) is 2. The number of carbonyl (C=O) groups is 1. The Labute approximate surface area is 125 Å². The van der Waals surface area contributed by atoms with Gasteiger partial charge in [-0.1, -0.05) is 0 Å². The zero-order valence-electron chi connectivity index (χ0n) is 11.4. The summed E-state index contributed by atoms with van der Waals surface area (Å²) in [5, 5.41) is 2.95. The molecule has 0 aliphatic rings. The van der Waals surface area contributed by atoms with Crippen molar-refractivity contribution in [2.45, 2.75) is 13.0 Å². The number of rotatable bonds is 3. The van der Waals surface area contributed by atoms with Gasteiger partial charge in [0.25, 0.3) is 5.91 Å². The number of nitrogens with one attached hydrogen (secondary N) is 1. The second kappa shape index (κ2) is 5.49. The van der Waals surface area contributed by atoms with Crippen LogP contribution in [0.5, 0.6) is 0 Å². The van der Waals surface area contributed by atoms with Crippen LogP contribution >= 0.6 is 11.3 Å². The highest BCUT2D eigenvalue weighted by Crippen LogP contribution is 2.32. The molecule has 3 aromatic heterocycles. The highest BCUT2D eigenvalue weighted by Gasteiger charge is 2.19. The average Bonchev–Trinajstić information content (AvgIpc) is 2.86. The van der Waals surface area contributed by atoms with E-state index in [4.69, 9.17) is 5.73 Å². The summed E-state index contributed by atoms with van der Waals surface area (Å²) in [6.45, 7) is 1.93. The molecule has 3 heterocycles. The highest BCUT2D eigenvalue weighted by molar-refractivity contribution is 7.21. The number of nitrogens with two attached hydrogens (primary N) is 1. The van der Waals surface area contributed by atoms with Crippen molar-refractivity contribution in [2.75, 3.05) is 5.73 Å². The maximum absolute atomic E-state index is 12.4. The lowest BCUT2D eigenvalue weighted by Gasteiger charge is -2.13. The Balaban J connectivity index is 1.86. The van der Waals surface area contributed by atoms with E-state index in [0.29, 0.717) is 16.1 Å². The fourth-order valence-corrected chi connectivity index (χ4v) is 3.10. The first kappa shape index (κ1) is 13.5. The molecule has 1 atom stereocenters. The van der Waals surface area contributed by atoms with Gasteiger partial charge >= 0.3 is 0 Å². The molecule has 21 heavy (non-hydrogen) atoms. The molecule has 3 N–H and O–H groups in total. The van der Waals surface area contributed by atoms with Gasteiger partial charge in [-0.25, -0.2) is 0 Å². The van der Waals surface area contributed by atoms with Crippen molar-refractivity contribution in [1.82, 2.24) is 15.3 Å². The summed E-state index contributed by atoms with van der Waals surface area (Å²) in [4.78, 5) is 21.1. The maximum atomic E-state index is 12.4. The number of carbonyl (C=O) groups excluding carboxylic acids is 1. The van der Waals surface area contributed by atoms with Crippen LogP contribution < -0.4 is 11.1 Å². The molecule has 5 nitrogen and oxygen atoms in total. The Bertz CT molecular complexity index is 785. The van der Waals surface area contributed by atoms with Crippen molar-refractivity contribution >= 4 is 33.1 Å². The molecule has 0 saturated carbocycles. The van der Waals surface area contributed by atoms with Crippen molar-refractivity contribution in [2.24, 2.45) is 0 Å². The van der Waals surface area contributed by atoms with Gasteiger partial charge in [0.05, 0.1) is 16.4 Å². The Kier molecular flexibility index (Phi) is 3.53. The maximum Gasteiger partial charge on any atom is 0.264 e. The van der Waals surface area contributed by atoms with E-state index in [2.05, 4.69) is 15.3 Å². The van der Waals surface area contributed by atoms with Gasteiger partial charge in [0.2, 0.25) is 0 Å². The number of nitrogen functional groups attached to an aromatic ring is 1. The summed E-state index contributed by atoms with van der Waals surface area (Å²) < 4.78 is 0.914. The summed E-state index contributed by atoms with van der Waals surface area (Å²) in [5.41, 5.74) is 8.15. The smallest absolute Gasteiger partial charge is 0.264 e. The lowest BCUT2D eigenvalue weighted by Crippen LogP contribution is -2.26. The molecule has 0 aliphatic heterocycles. The number of anilines is 1. The van der Waals surface area contributed by atoms with E-state index in [9.17, 15) is 4.79 Å². The first-order valence-corrected chi connectivity index (χ1v) is 7.32. The number of hydrogen-bond acceptors (Lipinski definition) is 5. The van der Waals surface area contributed by atoms with Crippen LogP contribution in [0.4, 0.5) is 5.69 Å². The molecular weight excluding hydrogens is 284 g/mol. The molecule has 6 heteroatoms. The number of thiophene rings is 1. The van der Waals surface area contributed by atoms with Gasteiger partial charge in [0.15, 0.2) is 0 Å². The monoisotopic (exact) mass is 298 g/mol. The second-order valence-corrected chi connectivity index (χ2v) is 5.72. The molecule has 0 radical (unpaired) electrons. The average molecular weight is 298 g/mol. The zero-order chi connectivity index (χ0) is 14.8. The predicted octanol–water partition coefficient (Wildman–Crippen LogP) is 2.76. The number of hydrogen-bond donors (Lipinski definition) is 2. The largest absolute Gasteiger partial charge is 0.396 e. The van der Waals surface area contributed by atoms with Gasteiger partial charge in [-0.3, -0.25) is 14.8 Å². The van der Waals surface area contributed by atoms with E-state index in [1.807, 2.05) is 31.2 Å². The van der Waals surface area contributed by atoms with Gasteiger partial charge in [0, 0.05) is 18.6 Å². The fourth-order valence-electron chi connectivity index (χ4n) is 2.11. The molecule has 0 aliphatic carbocycles. The number of pyridine rings is 2. The lowest BCUT2D eigenvalue weighted by atomic mass is 10.1. The summed E-state index contributed by atoms with van der Waals surface area (Å²) in [6, 6.07) is 7.38. The van der Waals surface area contributed by atoms with Crippen molar-refractivity contribution in [3.05, 3.63) is 53.3 Å². The van der Waals surface area contributed by atoms with E-state index < -0.39 is 0 Å². The van der Waals surface area contributed by atoms with Crippen LogP contribution in [0.15, 0.2) is 42.9 Å². The molecule has 1 amide bonds. The quantitative estimate of drug-likeness (QED) is 0.779. The van der Waals surface area contributed by atoms with Crippen molar-refractivity contribution < 1.29 is 4.79 Å². The Morgan fingerprint density at radius 1 is 1.29 bits per heavy atom. The number of aromatic nitrogens is 2. The van der Waals surface area contributed by atoms with Gasteiger partial charge in [-0.2, -0.15) is 0 Å².